The Hall–Kier alpha value is -2.73. The van der Waals surface area contributed by atoms with Crippen molar-refractivity contribution in [2.24, 2.45) is 0 Å². The third-order valence-electron chi connectivity index (χ3n) is 3.49. The Bertz CT molecular complexity index is 1010. The SMILES string of the molecule is COc1cc(Cl)cc(Cn2ccn3ccc(=O)c(O)c3c2=O)c1. The van der Waals surface area contributed by atoms with Crippen molar-refractivity contribution in [3.05, 3.63) is 74.0 Å². The van der Waals surface area contributed by atoms with E-state index < -0.39 is 16.7 Å². The molecule has 23 heavy (non-hydrogen) atoms. The maximum absolute atomic E-state index is 12.5. The molecule has 0 saturated heterocycles. The maximum Gasteiger partial charge on any atom is 0.279 e. The fraction of sp³-hybridized carbons (Fsp3) is 0.125. The van der Waals surface area contributed by atoms with E-state index in [1.807, 2.05) is 0 Å². The number of aromatic nitrogens is 2. The number of rotatable bonds is 3. The summed E-state index contributed by atoms with van der Waals surface area (Å²) in [6.45, 7) is 0.231. The number of hydrogen-bond acceptors (Lipinski definition) is 4. The van der Waals surface area contributed by atoms with Crippen LogP contribution in [-0.4, -0.2) is 21.2 Å². The van der Waals surface area contributed by atoms with Crippen LogP contribution in [-0.2, 0) is 6.54 Å². The van der Waals surface area contributed by atoms with Gasteiger partial charge in [-0.25, -0.2) is 0 Å². The Labute approximate surface area is 135 Å². The zero-order valence-corrected chi connectivity index (χ0v) is 12.9. The summed E-state index contributed by atoms with van der Waals surface area (Å²) in [5.41, 5.74) is -0.363. The smallest absolute Gasteiger partial charge is 0.279 e. The maximum atomic E-state index is 12.5. The van der Waals surface area contributed by atoms with E-state index in [0.29, 0.717) is 10.8 Å². The lowest BCUT2D eigenvalue weighted by Crippen LogP contribution is -2.24. The molecule has 0 radical (unpaired) electrons. The lowest BCUT2D eigenvalue weighted by molar-refractivity contribution is 0.414. The van der Waals surface area contributed by atoms with Crippen LogP contribution in [0.4, 0.5) is 0 Å². The van der Waals surface area contributed by atoms with Gasteiger partial charge in [0.1, 0.15) is 5.75 Å². The Morgan fingerprint density at radius 3 is 2.70 bits per heavy atom. The number of ether oxygens (including phenoxy) is 1. The largest absolute Gasteiger partial charge is 0.503 e. The number of aromatic hydroxyl groups is 1. The highest BCUT2D eigenvalue weighted by Crippen LogP contribution is 2.21. The fourth-order valence-corrected chi connectivity index (χ4v) is 2.63. The zero-order valence-electron chi connectivity index (χ0n) is 12.2. The average molecular weight is 333 g/mol. The van der Waals surface area contributed by atoms with Crippen LogP contribution < -0.4 is 15.7 Å². The molecule has 2 heterocycles. The number of pyridine rings is 1. The van der Waals surface area contributed by atoms with E-state index in [2.05, 4.69) is 0 Å². The van der Waals surface area contributed by atoms with E-state index in [1.165, 1.54) is 28.3 Å². The van der Waals surface area contributed by atoms with Crippen molar-refractivity contribution >= 4 is 17.1 Å². The van der Waals surface area contributed by atoms with Crippen molar-refractivity contribution < 1.29 is 9.84 Å². The number of fused-ring (bicyclic) bond motifs is 1. The van der Waals surface area contributed by atoms with Gasteiger partial charge in [0.25, 0.3) is 5.56 Å². The van der Waals surface area contributed by atoms with E-state index in [9.17, 15) is 14.7 Å². The van der Waals surface area contributed by atoms with Crippen LogP contribution >= 0.6 is 11.6 Å². The number of methoxy groups -OCH3 is 1. The minimum atomic E-state index is -0.593. The molecule has 0 saturated carbocycles. The van der Waals surface area contributed by atoms with Gasteiger partial charge in [0.15, 0.2) is 11.3 Å². The molecule has 0 aliphatic carbocycles. The quantitative estimate of drug-likeness (QED) is 0.794. The molecule has 0 fully saturated rings. The first-order valence-electron chi connectivity index (χ1n) is 6.76. The van der Waals surface area contributed by atoms with Crippen molar-refractivity contribution in [2.75, 3.05) is 7.11 Å². The Kier molecular flexibility index (Phi) is 3.83. The topological polar surface area (TPSA) is 72.9 Å². The first kappa shape index (κ1) is 15.2. The molecule has 0 bridgehead atoms. The number of hydrogen-bond donors (Lipinski definition) is 1. The molecule has 118 valence electrons. The van der Waals surface area contributed by atoms with E-state index >= 15 is 0 Å². The molecule has 2 aromatic heterocycles. The van der Waals surface area contributed by atoms with Gasteiger partial charge in [-0.3, -0.25) is 9.59 Å². The first-order chi connectivity index (χ1) is 11.0. The molecule has 0 unspecified atom stereocenters. The second-order valence-corrected chi connectivity index (χ2v) is 5.45. The first-order valence-corrected chi connectivity index (χ1v) is 7.14. The van der Waals surface area contributed by atoms with Crippen LogP contribution in [0.1, 0.15) is 5.56 Å². The molecule has 0 atom stereocenters. The van der Waals surface area contributed by atoms with Gasteiger partial charge in [-0.15, -0.1) is 0 Å². The van der Waals surface area contributed by atoms with Crippen molar-refractivity contribution in [1.29, 1.82) is 0 Å². The van der Waals surface area contributed by atoms with Crippen molar-refractivity contribution in [3.63, 3.8) is 0 Å². The highest BCUT2D eigenvalue weighted by molar-refractivity contribution is 6.30. The summed E-state index contributed by atoms with van der Waals surface area (Å²) in [6, 6.07) is 6.35. The molecule has 7 heteroatoms. The average Bonchev–Trinajstić information content (AvgIpc) is 2.53. The highest BCUT2D eigenvalue weighted by Gasteiger charge is 2.10. The molecule has 3 rings (SSSR count). The van der Waals surface area contributed by atoms with Crippen LogP contribution in [0.2, 0.25) is 5.02 Å². The fourth-order valence-electron chi connectivity index (χ4n) is 2.38. The van der Waals surface area contributed by atoms with Crippen molar-refractivity contribution in [3.8, 4) is 11.5 Å². The monoisotopic (exact) mass is 332 g/mol. The second kappa shape index (κ2) is 5.81. The van der Waals surface area contributed by atoms with Gasteiger partial charge in [0.05, 0.1) is 13.7 Å². The van der Waals surface area contributed by atoms with E-state index in [4.69, 9.17) is 16.3 Å². The molecule has 0 spiro atoms. The summed E-state index contributed by atoms with van der Waals surface area (Å²) < 4.78 is 7.95. The van der Waals surface area contributed by atoms with E-state index in [-0.39, 0.29) is 12.1 Å². The molecule has 0 aliphatic heterocycles. The normalized spacial score (nSPS) is 10.9. The Morgan fingerprint density at radius 1 is 1.17 bits per heavy atom. The van der Waals surface area contributed by atoms with Crippen LogP contribution in [0.5, 0.6) is 11.5 Å². The summed E-state index contributed by atoms with van der Waals surface area (Å²) in [4.78, 5) is 24.1. The Morgan fingerprint density at radius 2 is 1.96 bits per heavy atom. The molecule has 3 aromatic rings. The lowest BCUT2D eigenvalue weighted by atomic mass is 10.2. The molecule has 1 aromatic carbocycles. The third-order valence-corrected chi connectivity index (χ3v) is 3.71. The predicted octanol–water partition coefficient (Wildman–Crippen LogP) is 1.88. The summed E-state index contributed by atoms with van der Waals surface area (Å²) in [7, 11) is 1.53. The van der Waals surface area contributed by atoms with Crippen LogP contribution in [0.3, 0.4) is 0 Å². The molecule has 1 N–H and O–H groups in total. The van der Waals surface area contributed by atoms with Gasteiger partial charge in [-0.05, 0) is 23.8 Å². The van der Waals surface area contributed by atoms with E-state index in [1.54, 1.807) is 30.6 Å². The number of nitrogens with zero attached hydrogens (tertiary/aromatic N) is 2. The summed E-state index contributed by atoms with van der Waals surface area (Å²) in [5.74, 6) is 0.0240. The molecule has 6 nitrogen and oxygen atoms in total. The van der Waals surface area contributed by atoms with Gasteiger partial charge in [-0.2, -0.15) is 0 Å². The summed E-state index contributed by atoms with van der Waals surface area (Å²) >= 11 is 6.02. The Balaban J connectivity index is 2.13. The molecular weight excluding hydrogens is 320 g/mol. The minimum absolute atomic E-state index is 0.0611. The van der Waals surface area contributed by atoms with Crippen LogP contribution in [0.25, 0.3) is 5.52 Å². The van der Waals surface area contributed by atoms with Crippen molar-refractivity contribution in [2.45, 2.75) is 6.54 Å². The van der Waals surface area contributed by atoms with Gasteiger partial charge >= 0.3 is 0 Å². The number of benzene rings is 1. The molecular formula is C16H13ClN2O4. The molecule has 0 aliphatic rings. The van der Waals surface area contributed by atoms with E-state index in [0.717, 1.165) is 5.56 Å². The lowest BCUT2D eigenvalue weighted by Gasteiger charge is -2.10. The zero-order chi connectivity index (χ0) is 16.6. The molecule has 0 amide bonds. The summed E-state index contributed by atoms with van der Waals surface area (Å²) in [5, 5.41) is 10.4. The van der Waals surface area contributed by atoms with Gasteiger partial charge in [-0.1, -0.05) is 11.6 Å². The second-order valence-electron chi connectivity index (χ2n) is 5.01. The number of halogens is 1. The van der Waals surface area contributed by atoms with Gasteiger partial charge in [0.2, 0.25) is 5.43 Å². The minimum Gasteiger partial charge on any atom is -0.503 e. The van der Waals surface area contributed by atoms with Crippen LogP contribution in [0.15, 0.2) is 52.4 Å². The third kappa shape index (κ3) is 2.80. The van der Waals surface area contributed by atoms with Crippen LogP contribution in [0, 0.1) is 0 Å². The predicted molar refractivity (Wildman–Crippen MR) is 86.7 cm³/mol. The summed E-state index contributed by atoms with van der Waals surface area (Å²) in [6.07, 6.45) is 4.61. The standard InChI is InChI=1S/C16H13ClN2O4/c1-23-12-7-10(6-11(17)8-12)9-19-5-4-18-3-2-13(20)15(21)14(18)16(19)22/h2-8,21H,9H2,1H3. The van der Waals surface area contributed by atoms with Gasteiger partial charge in [0, 0.05) is 29.7 Å². The van der Waals surface area contributed by atoms with Gasteiger partial charge < -0.3 is 18.8 Å². The van der Waals surface area contributed by atoms with Crippen molar-refractivity contribution in [1.82, 2.24) is 8.97 Å². The highest BCUT2D eigenvalue weighted by atomic mass is 35.5.